The molecule has 3 nitrogen and oxygen atoms in total. The number of aromatic amines is 1. The van der Waals surface area contributed by atoms with Gasteiger partial charge in [-0.1, -0.05) is 0 Å². The predicted octanol–water partition coefficient (Wildman–Crippen LogP) is 1.96. The van der Waals surface area contributed by atoms with Crippen LogP contribution in [0.3, 0.4) is 0 Å². The van der Waals surface area contributed by atoms with Crippen molar-refractivity contribution in [3.8, 4) is 0 Å². The number of fused-ring (bicyclic) bond motifs is 1. The molecule has 0 radical (unpaired) electrons. The molecule has 1 atom stereocenters. The van der Waals surface area contributed by atoms with Gasteiger partial charge in [0, 0.05) is 37.3 Å². The lowest BCUT2D eigenvalue weighted by atomic mass is 10.0. The van der Waals surface area contributed by atoms with Gasteiger partial charge >= 0.3 is 0 Å². The summed E-state index contributed by atoms with van der Waals surface area (Å²) in [5.41, 5.74) is 0.0382. The molecule has 7 heteroatoms. The zero-order valence-electron chi connectivity index (χ0n) is 9.79. The van der Waals surface area contributed by atoms with Crippen LogP contribution in [0.5, 0.6) is 0 Å². The molecule has 0 unspecified atom stereocenters. The molecule has 1 saturated heterocycles. The van der Waals surface area contributed by atoms with Gasteiger partial charge < -0.3 is 15.6 Å². The van der Waals surface area contributed by atoms with Crippen LogP contribution >= 0.6 is 0 Å². The summed E-state index contributed by atoms with van der Waals surface area (Å²) in [7, 11) is 0. The number of H-pyrrole nitrogens is 1. The quantitative estimate of drug-likeness (QED) is 0.422. The molecule has 1 aliphatic rings. The molecule has 2 aromatic rings. The fourth-order valence-electron chi connectivity index (χ4n) is 2.41. The van der Waals surface area contributed by atoms with Crippen molar-refractivity contribution < 1.29 is 17.6 Å². The topological polar surface area (TPSA) is 39.8 Å². The van der Waals surface area contributed by atoms with Gasteiger partial charge in [0.2, 0.25) is 0 Å². The van der Waals surface area contributed by atoms with Gasteiger partial charge in [-0.2, -0.15) is 0 Å². The highest BCUT2D eigenvalue weighted by atomic mass is 19.2. The Kier molecular flexibility index (Phi) is 2.94. The van der Waals surface area contributed by atoms with E-state index in [4.69, 9.17) is 0 Å². The largest absolute Gasteiger partial charge is 0.358 e. The monoisotopic (exact) mass is 273 g/mol. The third-order valence-electron chi connectivity index (χ3n) is 3.34. The first-order chi connectivity index (χ1) is 9.11. The van der Waals surface area contributed by atoms with Gasteiger partial charge in [0.1, 0.15) is 0 Å². The molecule has 19 heavy (non-hydrogen) atoms. The Morgan fingerprint density at radius 1 is 0.947 bits per heavy atom. The second-order valence-electron chi connectivity index (χ2n) is 4.46. The summed E-state index contributed by atoms with van der Waals surface area (Å²) in [4.78, 5) is 2.47. The van der Waals surface area contributed by atoms with E-state index in [9.17, 15) is 17.6 Å². The van der Waals surface area contributed by atoms with E-state index < -0.39 is 23.3 Å². The Balaban J connectivity index is 2.22. The van der Waals surface area contributed by atoms with Crippen LogP contribution in [0.4, 0.5) is 17.6 Å². The fourth-order valence-corrected chi connectivity index (χ4v) is 2.41. The lowest BCUT2D eigenvalue weighted by Gasteiger charge is -2.24. The maximum Gasteiger partial charge on any atom is 0.199 e. The zero-order chi connectivity index (χ0) is 13.6. The maximum absolute atomic E-state index is 13.8. The first-order valence-corrected chi connectivity index (χ1v) is 5.88. The van der Waals surface area contributed by atoms with Crippen LogP contribution in [0.2, 0.25) is 0 Å². The molecular weight excluding hydrogens is 262 g/mol. The zero-order valence-corrected chi connectivity index (χ0v) is 9.79. The summed E-state index contributed by atoms with van der Waals surface area (Å²) in [6, 6.07) is -0.277. The lowest BCUT2D eigenvalue weighted by Crippen LogP contribution is -2.42. The van der Waals surface area contributed by atoms with Crippen molar-refractivity contribution in [2.24, 2.45) is 0 Å². The third-order valence-corrected chi connectivity index (χ3v) is 3.34. The average Bonchev–Trinajstić information content (AvgIpc) is 2.88. The average molecular weight is 273 g/mol. The van der Waals surface area contributed by atoms with Crippen LogP contribution in [-0.4, -0.2) is 24.6 Å². The summed E-state index contributed by atoms with van der Waals surface area (Å²) >= 11 is 0. The molecule has 0 saturated carbocycles. The number of hydrogen-bond acceptors (Lipinski definition) is 2. The summed E-state index contributed by atoms with van der Waals surface area (Å²) in [6.45, 7) is 1.93. The van der Waals surface area contributed by atoms with Crippen LogP contribution in [0.15, 0.2) is 6.20 Å². The van der Waals surface area contributed by atoms with Gasteiger partial charge in [-0.3, -0.25) is 0 Å². The summed E-state index contributed by atoms with van der Waals surface area (Å²) < 4.78 is 53.9. The highest BCUT2D eigenvalue weighted by Crippen LogP contribution is 2.32. The van der Waals surface area contributed by atoms with Crippen LogP contribution in [0.25, 0.3) is 10.9 Å². The predicted molar refractivity (Wildman–Crippen MR) is 61.7 cm³/mol. The van der Waals surface area contributed by atoms with Crippen molar-refractivity contribution in [1.29, 1.82) is 0 Å². The van der Waals surface area contributed by atoms with Crippen LogP contribution < -0.4 is 10.6 Å². The number of piperazine rings is 1. The van der Waals surface area contributed by atoms with Gasteiger partial charge in [0.25, 0.3) is 0 Å². The number of rotatable bonds is 1. The molecule has 0 amide bonds. The van der Waals surface area contributed by atoms with Crippen LogP contribution in [0, 0.1) is 23.3 Å². The summed E-state index contributed by atoms with van der Waals surface area (Å²) in [6.07, 6.45) is 1.38. The molecule has 1 aromatic heterocycles. The number of aromatic nitrogens is 1. The van der Waals surface area contributed by atoms with Crippen molar-refractivity contribution in [2.75, 3.05) is 19.6 Å². The van der Waals surface area contributed by atoms with E-state index in [1.807, 2.05) is 0 Å². The van der Waals surface area contributed by atoms with Crippen LogP contribution in [-0.2, 0) is 0 Å². The van der Waals surface area contributed by atoms with E-state index in [-0.39, 0.29) is 16.9 Å². The van der Waals surface area contributed by atoms with Gasteiger partial charge in [-0.15, -0.1) is 0 Å². The normalized spacial score (nSPS) is 20.1. The Morgan fingerprint density at radius 2 is 1.68 bits per heavy atom. The van der Waals surface area contributed by atoms with E-state index >= 15 is 0 Å². The van der Waals surface area contributed by atoms with E-state index in [0.717, 1.165) is 6.54 Å². The number of benzene rings is 1. The Hall–Kier alpha value is -1.60. The van der Waals surface area contributed by atoms with E-state index in [1.165, 1.54) is 6.20 Å². The molecule has 0 aliphatic carbocycles. The third kappa shape index (κ3) is 1.81. The van der Waals surface area contributed by atoms with Gasteiger partial charge in [-0.25, -0.2) is 17.6 Å². The standard InChI is InChI=1S/C12H11F4N3/c13-8-7-5(6-4-17-1-2-18-6)3-19-12(7)11(16)10(15)9(8)14/h3,6,17-19H,1-2,4H2/t6-/m1/s1. The summed E-state index contributed by atoms with van der Waals surface area (Å²) in [5, 5.41) is 5.96. The van der Waals surface area contributed by atoms with Gasteiger partial charge in [0.05, 0.1) is 5.52 Å². The van der Waals surface area contributed by atoms with Gasteiger partial charge in [0.15, 0.2) is 23.3 Å². The molecule has 2 heterocycles. The molecule has 0 spiro atoms. The first-order valence-electron chi connectivity index (χ1n) is 5.88. The molecule has 1 aromatic carbocycles. The fraction of sp³-hybridized carbons (Fsp3) is 0.333. The molecule has 3 rings (SSSR count). The van der Waals surface area contributed by atoms with Crippen molar-refractivity contribution >= 4 is 10.9 Å². The molecular formula is C12H11F4N3. The van der Waals surface area contributed by atoms with Crippen LogP contribution in [0.1, 0.15) is 11.6 Å². The summed E-state index contributed by atoms with van der Waals surface area (Å²) in [5.74, 6) is -6.34. The van der Waals surface area contributed by atoms with E-state index in [2.05, 4.69) is 15.6 Å². The SMILES string of the molecule is Fc1c(F)c(F)c2c([C@H]3CNCCN3)c[nH]c2c1F. The Labute approximate surface area is 106 Å². The van der Waals surface area contributed by atoms with E-state index in [1.54, 1.807) is 0 Å². The minimum Gasteiger partial charge on any atom is -0.358 e. The number of hydrogen-bond donors (Lipinski definition) is 3. The van der Waals surface area contributed by atoms with E-state index in [0.29, 0.717) is 18.7 Å². The molecule has 1 aliphatic heterocycles. The minimum atomic E-state index is -1.80. The molecule has 0 bridgehead atoms. The second kappa shape index (κ2) is 4.50. The highest BCUT2D eigenvalue weighted by molar-refractivity contribution is 5.85. The second-order valence-corrected chi connectivity index (χ2v) is 4.46. The maximum atomic E-state index is 13.8. The minimum absolute atomic E-state index is 0.238. The highest BCUT2D eigenvalue weighted by Gasteiger charge is 2.27. The Morgan fingerprint density at radius 3 is 2.37 bits per heavy atom. The number of halogens is 4. The van der Waals surface area contributed by atoms with Gasteiger partial charge in [-0.05, 0) is 5.56 Å². The van der Waals surface area contributed by atoms with Crippen molar-refractivity contribution in [1.82, 2.24) is 15.6 Å². The first kappa shape index (κ1) is 12.4. The van der Waals surface area contributed by atoms with Crippen molar-refractivity contribution in [3.05, 3.63) is 35.0 Å². The van der Waals surface area contributed by atoms with Crippen molar-refractivity contribution in [3.63, 3.8) is 0 Å². The Bertz CT molecular complexity index is 632. The lowest BCUT2D eigenvalue weighted by molar-refractivity contribution is 0.414. The molecule has 1 fully saturated rings. The smallest absolute Gasteiger partial charge is 0.199 e. The van der Waals surface area contributed by atoms with Crippen molar-refractivity contribution in [2.45, 2.75) is 6.04 Å². The molecule has 102 valence electrons. The molecule has 3 N–H and O–H groups in total. The number of nitrogens with one attached hydrogen (secondary N) is 3.